The largest absolute Gasteiger partial charge is 0.513 e. The summed E-state index contributed by atoms with van der Waals surface area (Å²) in [6.45, 7) is 13.2. The lowest BCUT2D eigenvalue weighted by Crippen LogP contribution is -2.35. The molecule has 3 rings (SSSR count). The summed E-state index contributed by atoms with van der Waals surface area (Å²) >= 11 is 0. The first-order chi connectivity index (χ1) is 19.2. The number of carbonyl (C=O) groups excluding carboxylic acids is 1. The summed E-state index contributed by atoms with van der Waals surface area (Å²) in [6.07, 6.45) is 11.8. The van der Waals surface area contributed by atoms with Gasteiger partial charge in [0, 0.05) is 18.4 Å². The van der Waals surface area contributed by atoms with Crippen molar-refractivity contribution in [2.45, 2.75) is 96.9 Å². The van der Waals surface area contributed by atoms with E-state index in [0.717, 1.165) is 66.5 Å². The van der Waals surface area contributed by atoms with E-state index in [1.807, 2.05) is 75.4 Å². The van der Waals surface area contributed by atoms with Gasteiger partial charge in [0.25, 0.3) is 0 Å². The molecule has 1 aliphatic carbocycles. The van der Waals surface area contributed by atoms with Crippen LogP contribution in [0, 0.1) is 5.92 Å². The second-order valence-electron chi connectivity index (χ2n) is 9.70. The van der Waals surface area contributed by atoms with E-state index >= 15 is 0 Å². The second kappa shape index (κ2) is 20.1. The standard InChI is InChI=1S/C23H27NO3S.C9H15F.C2H6/c1-16(25)15-18-3-5-20(6-4-18)21-9-13-23(14-10-21)28(27)24-22-11-7-19(8-12-22)17(2)26;1-3-5-6-8-9(10)7-4-2;1-2/h3-6,9-10,13-14,19,22,24-25H,1,7-8,11-12,15H2,2H3;6-8H,3-5H2,1-2H3;1-2H3/b;8-6-,9-7+;. The van der Waals surface area contributed by atoms with E-state index in [2.05, 4.69) is 18.2 Å². The van der Waals surface area contributed by atoms with Crippen molar-refractivity contribution < 1.29 is 18.5 Å². The lowest BCUT2D eigenvalue weighted by atomic mass is 9.84. The summed E-state index contributed by atoms with van der Waals surface area (Å²) in [5.41, 5.74) is 3.13. The highest BCUT2D eigenvalue weighted by Crippen LogP contribution is 2.26. The zero-order chi connectivity index (χ0) is 29.9. The number of carbonyl (C=O) groups is 1. The molecule has 2 N–H and O–H groups in total. The quantitative estimate of drug-likeness (QED) is 0.209. The van der Waals surface area contributed by atoms with Gasteiger partial charge in [-0.15, -0.1) is 0 Å². The molecule has 0 amide bonds. The van der Waals surface area contributed by atoms with E-state index in [4.69, 9.17) is 0 Å². The fourth-order valence-electron chi connectivity index (χ4n) is 4.28. The number of unbranched alkanes of at least 4 members (excludes halogenated alkanes) is 1. The molecule has 0 heterocycles. The molecule has 0 aromatic heterocycles. The average Bonchev–Trinajstić information content (AvgIpc) is 2.95. The van der Waals surface area contributed by atoms with E-state index in [1.54, 1.807) is 13.0 Å². The molecule has 1 atom stereocenters. The number of hydrogen-bond donors (Lipinski definition) is 2. The molecule has 1 unspecified atom stereocenters. The Morgan fingerprint density at radius 3 is 2.05 bits per heavy atom. The molecule has 2 aromatic carbocycles. The third-order valence-corrected chi connectivity index (χ3v) is 7.72. The Labute approximate surface area is 244 Å². The lowest BCUT2D eigenvalue weighted by molar-refractivity contribution is -0.121. The van der Waals surface area contributed by atoms with Crippen LogP contribution in [-0.4, -0.2) is 21.1 Å². The van der Waals surface area contributed by atoms with Crippen molar-refractivity contribution in [2.75, 3.05) is 0 Å². The molecule has 0 spiro atoms. The van der Waals surface area contributed by atoms with Crippen molar-refractivity contribution in [1.82, 2.24) is 4.72 Å². The molecule has 2 aromatic rings. The molecule has 0 aliphatic heterocycles. The Kier molecular flexibility index (Phi) is 17.7. The molecular weight excluding hydrogens is 521 g/mol. The number of Topliss-reactive ketones (excluding diaryl/α,β-unsaturated/α-hetero) is 1. The first-order valence-electron chi connectivity index (χ1n) is 14.5. The minimum absolute atomic E-state index is 0.115. The van der Waals surface area contributed by atoms with Gasteiger partial charge in [-0.25, -0.2) is 13.3 Å². The molecule has 1 aliphatic rings. The van der Waals surface area contributed by atoms with E-state index in [-0.39, 0.29) is 29.3 Å². The Hall–Kier alpha value is -2.83. The maximum absolute atomic E-state index is 12.6. The molecule has 220 valence electrons. The van der Waals surface area contributed by atoms with Crippen LogP contribution < -0.4 is 4.72 Å². The van der Waals surface area contributed by atoms with Crippen molar-refractivity contribution in [1.29, 1.82) is 0 Å². The summed E-state index contributed by atoms with van der Waals surface area (Å²) in [5, 5.41) is 9.29. The normalized spacial score (nSPS) is 17.7. The Balaban J connectivity index is 0.000000565. The minimum atomic E-state index is -1.25. The van der Waals surface area contributed by atoms with Gasteiger partial charge in [0.2, 0.25) is 0 Å². The zero-order valence-electron chi connectivity index (χ0n) is 24.9. The van der Waals surface area contributed by atoms with Crippen molar-refractivity contribution in [3.63, 3.8) is 0 Å². The van der Waals surface area contributed by atoms with Gasteiger partial charge in [-0.05, 0) is 86.4 Å². The van der Waals surface area contributed by atoms with Gasteiger partial charge in [0.1, 0.15) is 22.6 Å². The molecular formula is C34H48FNO3S. The minimum Gasteiger partial charge on any atom is -0.513 e. The summed E-state index contributed by atoms with van der Waals surface area (Å²) in [4.78, 5) is 12.2. The van der Waals surface area contributed by atoms with Crippen LogP contribution >= 0.6 is 0 Å². The first kappa shape index (κ1) is 35.2. The van der Waals surface area contributed by atoms with Crippen LogP contribution in [0.5, 0.6) is 0 Å². The number of ketones is 1. The number of hydrogen-bond acceptors (Lipinski definition) is 3. The molecule has 40 heavy (non-hydrogen) atoms. The molecule has 1 fully saturated rings. The third-order valence-electron chi connectivity index (χ3n) is 6.47. The number of nitrogens with one attached hydrogen (secondary N) is 1. The van der Waals surface area contributed by atoms with Gasteiger partial charge < -0.3 is 5.11 Å². The van der Waals surface area contributed by atoms with Crippen molar-refractivity contribution >= 4 is 16.8 Å². The number of halogens is 1. The molecule has 0 radical (unpaired) electrons. The predicted molar refractivity (Wildman–Crippen MR) is 168 cm³/mol. The summed E-state index contributed by atoms with van der Waals surface area (Å²) in [7, 11) is -1.25. The van der Waals surface area contributed by atoms with Crippen LogP contribution in [0.4, 0.5) is 4.39 Å². The number of aliphatic hydroxyl groups is 1. The van der Waals surface area contributed by atoms with Crippen LogP contribution in [0.15, 0.2) is 89.8 Å². The number of rotatable bonds is 11. The van der Waals surface area contributed by atoms with E-state index in [9.17, 15) is 18.5 Å². The van der Waals surface area contributed by atoms with E-state index in [0.29, 0.717) is 6.42 Å². The van der Waals surface area contributed by atoms with Crippen LogP contribution in [0.2, 0.25) is 0 Å². The van der Waals surface area contributed by atoms with Crippen molar-refractivity contribution in [2.24, 2.45) is 5.92 Å². The van der Waals surface area contributed by atoms with Gasteiger partial charge in [0.15, 0.2) is 0 Å². The highest BCUT2D eigenvalue weighted by Gasteiger charge is 2.25. The summed E-state index contributed by atoms with van der Waals surface area (Å²) in [5.74, 6) is 0.481. The molecule has 1 saturated carbocycles. The first-order valence-corrected chi connectivity index (χ1v) is 15.6. The van der Waals surface area contributed by atoms with Gasteiger partial charge in [-0.1, -0.05) is 83.2 Å². The number of aliphatic hydroxyl groups excluding tert-OH is 1. The topological polar surface area (TPSA) is 66.4 Å². The number of benzene rings is 2. The fraction of sp³-hybridized carbons (Fsp3) is 0.441. The SMILES string of the molecule is C=C(O)Cc1ccc(-c2ccc(S(=O)NC3CCC(C(C)=O)CC3)cc2)cc1.CC.CC/C=C(F)\C=C/CCC. The zero-order valence-corrected chi connectivity index (χ0v) is 25.7. The maximum Gasteiger partial charge on any atom is 0.132 e. The van der Waals surface area contributed by atoms with Crippen LogP contribution in [-0.2, 0) is 22.2 Å². The summed E-state index contributed by atoms with van der Waals surface area (Å²) in [6, 6.07) is 15.9. The summed E-state index contributed by atoms with van der Waals surface area (Å²) < 4.78 is 28.3. The highest BCUT2D eigenvalue weighted by atomic mass is 32.2. The van der Waals surface area contributed by atoms with Gasteiger partial charge >= 0.3 is 0 Å². The highest BCUT2D eigenvalue weighted by molar-refractivity contribution is 7.83. The lowest BCUT2D eigenvalue weighted by Gasteiger charge is -2.27. The van der Waals surface area contributed by atoms with Gasteiger partial charge in [-0.3, -0.25) is 4.79 Å². The maximum atomic E-state index is 12.6. The smallest absolute Gasteiger partial charge is 0.132 e. The fourth-order valence-corrected chi connectivity index (χ4v) is 5.34. The monoisotopic (exact) mass is 569 g/mol. The molecule has 0 bridgehead atoms. The van der Waals surface area contributed by atoms with Crippen LogP contribution in [0.25, 0.3) is 11.1 Å². The Bertz CT molecular complexity index is 1100. The van der Waals surface area contributed by atoms with Crippen molar-refractivity contribution in [3.8, 4) is 11.1 Å². The van der Waals surface area contributed by atoms with Crippen LogP contribution in [0.1, 0.15) is 85.1 Å². The predicted octanol–water partition coefficient (Wildman–Crippen LogP) is 9.36. The Morgan fingerprint density at radius 2 is 1.57 bits per heavy atom. The second-order valence-corrected chi connectivity index (χ2v) is 10.9. The molecule has 4 nitrogen and oxygen atoms in total. The van der Waals surface area contributed by atoms with Crippen molar-refractivity contribution in [3.05, 3.63) is 90.5 Å². The Morgan fingerprint density at radius 1 is 1.02 bits per heavy atom. The van der Waals surface area contributed by atoms with Gasteiger partial charge in [-0.2, -0.15) is 0 Å². The van der Waals surface area contributed by atoms with Gasteiger partial charge in [0.05, 0.1) is 10.7 Å². The third kappa shape index (κ3) is 13.5. The average molecular weight is 570 g/mol. The van der Waals surface area contributed by atoms with E-state index < -0.39 is 11.0 Å². The van der Waals surface area contributed by atoms with Crippen LogP contribution in [0.3, 0.4) is 0 Å². The number of allylic oxidation sites excluding steroid dienone is 5. The molecule has 6 heteroatoms. The van der Waals surface area contributed by atoms with E-state index in [1.165, 1.54) is 6.08 Å². The molecule has 0 saturated heterocycles.